The molecular formula is C25H33FN6O2. The molecule has 0 bridgehead atoms. The molecule has 2 aromatic heterocycles. The molecule has 0 unspecified atom stereocenters. The Morgan fingerprint density at radius 3 is 2.71 bits per heavy atom. The van der Waals surface area contributed by atoms with Crippen LogP contribution in [0, 0.1) is 5.82 Å². The van der Waals surface area contributed by atoms with E-state index in [4.69, 9.17) is 14.8 Å². The zero-order chi connectivity index (χ0) is 23.5. The summed E-state index contributed by atoms with van der Waals surface area (Å²) in [6, 6.07) is 5.47. The van der Waals surface area contributed by atoms with Gasteiger partial charge in [0.2, 0.25) is 5.95 Å². The summed E-state index contributed by atoms with van der Waals surface area (Å²) in [5, 5.41) is 19.0. The summed E-state index contributed by atoms with van der Waals surface area (Å²) in [6.07, 6.45) is 6.85. The molecule has 1 saturated heterocycles. The zero-order valence-electron chi connectivity index (χ0n) is 19.7. The minimum atomic E-state index is -0.262. The average Bonchev–Trinajstić information content (AvgIpc) is 3.24. The van der Waals surface area contributed by atoms with Crippen molar-refractivity contribution in [3.8, 4) is 11.3 Å². The number of morpholine rings is 1. The van der Waals surface area contributed by atoms with E-state index in [0.29, 0.717) is 49.2 Å². The highest BCUT2D eigenvalue weighted by molar-refractivity contribution is 5.91. The SMILES string of the molecule is CCCCNc1ncc2c(-c3ccc(N4CCOCC4)c(F)c3)nn(C3CCC(O)CC3)c2n1. The molecule has 0 amide bonds. The third-order valence-corrected chi connectivity index (χ3v) is 6.85. The van der Waals surface area contributed by atoms with Crippen LogP contribution in [-0.2, 0) is 4.74 Å². The van der Waals surface area contributed by atoms with Crippen molar-refractivity contribution in [1.29, 1.82) is 0 Å². The molecule has 9 heteroatoms. The van der Waals surface area contributed by atoms with Crippen molar-refractivity contribution < 1.29 is 14.2 Å². The quantitative estimate of drug-likeness (QED) is 0.504. The van der Waals surface area contributed by atoms with E-state index in [9.17, 15) is 5.11 Å². The van der Waals surface area contributed by atoms with Crippen LogP contribution in [0.2, 0.25) is 0 Å². The number of aliphatic hydroxyl groups is 1. The number of benzene rings is 1. The van der Waals surface area contributed by atoms with Crippen molar-refractivity contribution in [2.75, 3.05) is 43.1 Å². The van der Waals surface area contributed by atoms with Crippen LogP contribution in [0.3, 0.4) is 0 Å². The highest BCUT2D eigenvalue weighted by Gasteiger charge is 2.26. The fraction of sp³-hybridized carbons (Fsp3) is 0.560. The second-order valence-corrected chi connectivity index (χ2v) is 9.23. The Bertz CT molecular complexity index is 1120. The predicted octanol–water partition coefficient (Wildman–Crippen LogP) is 4.16. The molecule has 5 rings (SSSR count). The maximum atomic E-state index is 15.2. The van der Waals surface area contributed by atoms with Gasteiger partial charge in [-0.05, 0) is 44.2 Å². The summed E-state index contributed by atoms with van der Waals surface area (Å²) in [4.78, 5) is 11.3. The lowest BCUT2D eigenvalue weighted by Crippen LogP contribution is -2.36. The van der Waals surface area contributed by atoms with E-state index in [1.165, 1.54) is 0 Å². The van der Waals surface area contributed by atoms with Gasteiger partial charge >= 0.3 is 0 Å². The monoisotopic (exact) mass is 468 g/mol. The Labute approximate surface area is 199 Å². The van der Waals surface area contributed by atoms with Crippen molar-refractivity contribution in [2.45, 2.75) is 57.6 Å². The van der Waals surface area contributed by atoms with Crippen LogP contribution in [0.1, 0.15) is 51.5 Å². The van der Waals surface area contributed by atoms with Crippen LogP contribution in [-0.4, -0.2) is 63.8 Å². The minimum absolute atomic E-state index is 0.149. The maximum Gasteiger partial charge on any atom is 0.224 e. The molecule has 8 nitrogen and oxygen atoms in total. The second kappa shape index (κ2) is 10.2. The summed E-state index contributed by atoms with van der Waals surface area (Å²) >= 11 is 0. The van der Waals surface area contributed by atoms with Crippen LogP contribution in [0.4, 0.5) is 16.0 Å². The van der Waals surface area contributed by atoms with Crippen molar-refractivity contribution in [1.82, 2.24) is 19.7 Å². The van der Waals surface area contributed by atoms with E-state index in [-0.39, 0.29) is 18.0 Å². The minimum Gasteiger partial charge on any atom is -0.393 e. The molecule has 1 aromatic carbocycles. The molecule has 2 fully saturated rings. The van der Waals surface area contributed by atoms with Crippen LogP contribution >= 0.6 is 0 Å². The predicted molar refractivity (Wildman–Crippen MR) is 131 cm³/mol. The molecule has 1 saturated carbocycles. The van der Waals surface area contributed by atoms with Gasteiger partial charge in [-0.3, -0.25) is 0 Å². The van der Waals surface area contributed by atoms with E-state index in [0.717, 1.165) is 56.1 Å². The molecule has 182 valence electrons. The van der Waals surface area contributed by atoms with Gasteiger partial charge in [0.15, 0.2) is 5.65 Å². The van der Waals surface area contributed by atoms with E-state index in [1.807, 2.05) is 21.7 Å². The average molecular weight is 469 g/mol. The van der Waals surface area contributed by atoms with Gasteiger partial charge in [-0.2, -0.15) is 10.1 Å². The summed E-state index contributed by atoms with van der Waals surface area (Å²) in [6.45, 7) is 5.55. The summed E-state index contributed by atoms with van der Waals surface area (Å²) < 4.78 is 22.5. The van der Waals surface area contributed by atoms with Gasteiger partial charge in [-0.1, -0.05) is 19.4 Å². The number of rotatable bonds is 7. The number of hydrogen-bond donors (Lipinski definition) is 2. The fourth-order valence-corrected chi connectivity index (χ4v) is 4.87. The number of halogens is 1. The Morgan fingerprint density at radius 2 is 1.97 bits per heavy atom. The van der Waals surface area contributed by atoms with E-state index in [1.54, 1.807) is 12.3 Å². The molecule has 0 atom stereocenters. The van der Waals surface area contributed by atoms with Crippen molar-refractivity contribution >= 4 is 22.7 Å². The Hall–Kier alpha value is -2.78. The third kappa shape index (κ3) is 4.72. The molecule has 0 radical (unpaired) electrons. The molecule has 2 aliphatic rings. The highest BCUT2D eigenvalue weighted by Crippen LogP contribution is 2.35. The molecule has 3 heterocycles. The number of aliphatic hydroxyl groups excluding tert-OH is 1. The van der Waals surface area contributed by atoms with Gasteiger partial charge in [0, 0.05) is 31.4 Å². The first-order valence-electron chi connectivity index (χ1n) is 12.4. The molecule has 1 aliphatic carbocycles. The number of unbranched alkanes of at least 4 members (excludes halogenated alkanes) is 1. The van der Waals surface area contributed by atoms with Gasteiger partial charge in [-0.25, -0.2) is 14.1 Å². The summed E-state index contributed by atoms with van der Waals surface area (Å²) in [5.41, 5.74) is 2.75. The van der Waals surface area contributed by atoms with Crippen LogP contribution in [0.15, 0.2) is 24.4 Å². The van der Waals surface area contributed by atoms with Gasteiger partial charge in [0.25, 0.3) is 0 Å². The summed E-state index contributed by atoms with van der Waals surface area (Å²) in [7, 11) is 0. The molecule has 0 spiro atoms. The summed E-state index contributed by atoms with van der Waals surface area (Å²) in [5.74, 6) is 0.319. The Morgan fingerprint density at radius 1 is 1.18 bits per heavy atom. The van der Waals surface area contributed by atoms with Crippen molar-refractivity contribution in [3.05, 3.63) is 30.2 Å². The van der Waals surface area contributed by atoms with Crippen LogP contribution in [0.25, 0.3) is 22.3 Å². The number of anilines is 2. The second-order valence-electron chi connectivity index (χ2n) is 9.23. The first-order valence-corrected chi connectivity index (χ1v) is 12.4. The van der Waals surface area contributed by atoms with Crippen molar-refractivity contribution in [2.24, 2.45) is 0 Å². The topological polar surface area (TPSA) is 88.3 Å². The number of nitrogens with one attached hydrogen (secondary N) is 1. The molecular weight excluding hydrogens is 435 g/mol. The Balaban J connectivity index is 1.52. The lowest BCUT2D eigenvalue weighted by Gasteiger charge is -2.29. The van der Waals surface area contributed by atoms with Gasteiger partial charge in [-0.15, -0.1) is 0 Å². The van der Waals surface area contributed by atoms with Gasteiger partial charge in [0.1, 0.15) is 11.5 Å². The van der Waals surface area contributed by atoms with Crippen LogP contribution < -0.4 is 10.2 Å². The Kier molecular flexibility index (Phi) is 6.92. The van der Waals surface area contributed by atoms with E-state index < -0.39 is 0 Å². The van der Waals surface area contributed by atoms with Crippen molar-refractivity contribution in [3.63, 3.8) is 0 Å². The van der Waals surface area contributed by atoms with Gasteiger partial charge < -0.3 is 20.1 Å². The van der Waals surface area contributed by atoms with Crippen LogP contribution in [0.5, 0.6) is 0 Å². The molecule has 3 aromatic rings. The largest absolute Gasteiger partial charge is 0.393 e. The molecule has 2 N–H and O–H groups in total. The molecule has 34 heavy (non-hydrogen) atoms. The number of aromatic nitrogens is 4. The van der Waals surface area contributed by atoms with Gasteiger partial charge in [0.05, 0.1) is 36.4 Å². The smallest absolute Gasteiger partial charge is 0.224 e. The number of ether oxygens (including phenoxy) is 1. The number of nitrogens with zero attached hydrogens (tertiary/aromatic N) is 5. The first-order chi connectivity index (χ1) is 16.6. The number of fused-ring (bicyclic) bond motifs is 1. The number of hydrogen-bond acceptors (Lipinski definition) is 7. The lowest BCUT2D eigenvalue weighted by molar-refractivity contribution is 0.109. The zero-order valence-corrected chi connectivity index (χ0v) is 19.7. The lowest BCUT2D eigenvalue weighted by atomic mass is 9.93. The molecule has 1 aliphatic heterocycles. The normalized spacial score (nSPS) is 21.2. The first kappa shape index (κ1) is 23.0. The maximum absolute atomic E-state index is 15.2. The standard InChI is InChI=1S/C25H33FN6O2/c1-2-3-10-27-25-28-16-20-23(30-32(24(20)29-25)18-5-7-19(33)8-6-18)17-4-9-22(21(26)15-17)31-11-13-34-14-12-31/h4,9,15-16,18-19,33H,2-3,5-8,10-14H2,1H3,(H,27,28,29). The highest BCUT2D eigenvalue weighted by atomic mass is 19.1. The van der Waals surface area contributed by atoms with E-state index >= 15 is 4.39 Å². The fourth-order valence-electron chi connectivity index (χ4n) is 4.87. The third-order valence-electron chi connectivity index (χ3n) is 6.85. The van der Waals surface area contributed by atoms with E-state index in [2.05, 4.69) is 17.2 Å².